The monoisotopic (exact) mass is 338 g/mol. The Labute approximate surface area is 133 Å². The topological polar surface area (TPSA) is 41.1 Å². The van der Waals surface area contributed by atoms with Gasteiger partial charge in [0.2, 0.25) is 0 Å². The standard InChI is InChI=1S/C14H17ClF2N2O.ClH/c1-14(2-4-18-5-3-14)8-19-13(20)9-6-12(17)10(15)7-11(9)16;/h6-7,18H,2-5,8H2,1H3,(H,19,20);1H. The van der Waals surface area contributed by atoms with E-state index in [1.165, 1.54) is 0 Å². The first-order valence-electron chi connectivity index (χ1n) is 6.55. The van der Waals surface area contributed by atoms with Gasteiger partial charge in [0.15, 0.2) is 0 Å². The predicted molar refractivity (Wildman–Crippen MR) is 81.2 cm³/mol. The van der Waals surface area contributed by atoms with Gasteiger partial charge in [0, 0.05) is 6.54 Å². The number of hydrogen-bond acceptors (Lipinski definition) is 2. The highest BCUT2D eigenvalue weighted by atomic mass is 35.5. The molecule has 0 aromatic heterocycles. The van der Waals surface area contributed by atoms with Crippen LogP contribution in [-0.4, -0.2) is 25.5 Å². The quantitative estimate of drug-likeness (QED) is 0.831. The highest BCUT2D eigenvalue weighted by molar-refractivity contribution is 6.30. The van der Waals surface area contributed by atoms with E-state index in [0.717, 1.165) is 38.1 Å². The first-order chi connectivity index (χ1) is 9.41. The number of carbonyl (C=O) groups excluding carboxylic acids is 1. The van der Waals surface area contributed by atoms with Crippen molar-refractivity contribution in [1.82, 2.24) is 10.6 Å². The largest absolute Gasteiger partial charge is 0.351 e. The molecule has 1 aliphatic rings. The summed E-state index contributed by atoms with van der Waals surface area (Å²) >= 11 is 5.46. The minimum Gasteiger partial charge on any atom is -0.351 e. The van der Waals surface area contributed by atoms with Gasteiger partial charge in [-0.3, -0.25) is 4.79 Å². The fourth-order valence-electron chi connectivity index (χ4n) is 2.29. The van der Waals surface area contributed by atoms with E-state index in [4.69, 9.17) is 11.6 Å². The molecule has 0 unspecified atom stereocenters. The van der Waals surface area contributed by atoms with E-state index in [9.17, 15) is 13.6 Å². The summed E-state index contributed by atoms with van der Waals surface area (Å²) in [7, 11) is 0. The number of nitrogens with one attached hydrogen (secondary N) is 2. The molecule has 1 fully saturated rings. The molecular weight excluding hydrogens is 321 g/mol. The lowest BCUT2D eigenvalue weighted by Crippen LogP contribution is -2.43. The van der Waals surface area contributed by atoms with Gasteiger partial charge in [-0.1, -0.05) is 18.5 Å². The molecule has 1 amide bonds. The Hall–Kier alpha value is -0.910. The van der Waals surface area contributed by atoms with Crippen LogP contribution in [0.2, 0.25) is 5.02 Å². The van der Waals surface area contributed by atoms with Gasteiger partial charge in [-0.05, 0) is 43.5 Å². The second-order valence-electron chi connectivity index (χ2n) is 5.49. The summed E-state index contributed by atoms with van der Waals surface area (Å²) in [6, 6.07) is 1.65. The maximum Gasteiger partial charge on any atom is 0.254 e. The molecule has 0 bridgehead atoms. The molecule has 1 aromatic rings. The number of halogens is 4. The lowest BCUT2D eigenvalue weighted by molar-refractivity contribution is 0.0917. The van der Waals surface area contributed by atoms with Crippen molar-refractivity contribution >= 4 is 29.9 Å². The van der Waals surface area contributed by atoms with Crippen LogP contribution in [0.25, 0.3) is 0 Å². The lowest BCUT2D eigenvalue weighted by atomic mass is 9.81. The molecule has 1 aliphatic heterocycles. The zero-order chi connectivity index (χ0) is 14.8. The van der Waals surface area contributed by atoms with Crippen molar-refractivity contribution in [2.45, 2.75) is 19.8 Å². The zero-order valence-electron chi connectivity index (χ0n) is 11.6. The number of piperidine rings is 1. The third-order valence-electron chi connectivity index (χ3n) is 3.74. The molecular formula is C14H18Cl2F2N2O. The summed E-state index contributed by atoms with van der Waals surface area (Å²) in [5.74, 6) is -2.23. The smallest absolute Gasteiger partial charge is 0.254 e. The van der Waals surface area contributed by atoms with Crippen LogP contribution in [0.5, 0.6) is 0 Å². The summed E-state index contributed by atoms with van der Waals surface area (Å²) < 4.78 is 26.9. The summed E-state index contributed by atoms with van der Waals surface area (Å²) in [4.78, 5) is 11.9. The average molecular weight is 339 g/mol. The molecule has 2 N–H and O–H groups in total. The third kappa shape index (κ3) is 4.53. The summed E-state index contributed by atoms with van der Waals surface area (Å²) in [6.07, 6.45) is 1.87. The van der Waals surface area contributed by atoms with Crippen LogP contribution in [0.3, 0.4) is 0 Å². The van der Waals surface area contributed by atoms with Crippen molar-refractivity contribution in [2.75, 3.05) is 19.6 Å². The minimum absolute atomic E-state index is 0. The lowest BCUT2D eigenvalue weighted by Gasteiger charge is -2.34. The van der Waals surface area contributed by atoms with Crippen LogP contribution < -0.4 is 10.6 Å². The van der Waals surface area contributed by atoms with Crippen LogP contribution in [0.15, 0.2) is 12.1 Å². The Bertz CT molecular complexity index is 520. The highest BCUT2D eigenvalue weighted by Crippen LogP contribution is 2.27. The van der Waals surface area contributed by atoms with E-state index >= 15 is 0 Å². The van der Waals surface area contributed by atoms with Gasteiger partial charge in [-0.25, -0.2) is 8.78 Å². The first-order valence-corrected chi connectivity index (χ1v) is 6.93. The highest BCUT2D eigenvalue weighted by Gasteiger charge is 2.27. The van der Waals surface area contributed by atoms with E-state index in [1.807, 2.05) is 0 Å². The Morgan fingerprint density at radius 1 is 1.33 bits per heavy atom. The Morgan fingerprint density at radius 2 is 1.95 bits per heavy atom. The number of amides is 1. The molecule has 1 saturated heterocycles. The predicted octanol–water partition coefficient (Wildman–Crippen LogP) is 3.16. The van der Waals surface area contributed by atoms with Gasteiger partial charge in [0.1, 0.15) is 11.6 Å². The minimum atomic E-state index is -0.815. The van der Waals surface area contributed by atoms with E-state index in [-0.39, 0.29) is 28.4 Å². The third-order valence-corrected chi connectivity index (χ3v) is 4.03. The molecule has 0 aliphatic carbocycles. The molecule has 2 rings (SSSR count). The molecule has 0 spiro atoms. The van der Waals surface area contributed by atoms with Crippen molar-refractivity contribution in [3.05, 3.63) is 34.4 Å². The van der Waals surface area contributed by atoms with Gasteiger partial charge in [-0.15, -0.1) is 12.4 Å². The van der Waals surface area contributed by atoms with Crippen LogP contribution >= 0.6 is 24.0 Å². The fraction of sp³-hybridized carbons (Fsp3) is 0.500. The SMILES string of the molecule is CC1(CNC(=O)c2cc(F)c(Cl)cc2F)CCNCC1.Cl. The number of hydrogen-bond donors (Lipinski definition) is 2. The maximum absolute atomic E-state index is 13.6. The van der Waals surface area contributed by atoms with Gasteiger partial charge in [-0.2, -0.15) is 0 Å². The Kier molecular flexibility index (Phi) is 6.38. The maximum atomic E-state index is 13.6. The van der Waals surface area contributed by atoms with Gasteiger partial charge in [0.25, 0.3) is 5.91 Å². The van der Waals surface area contributed by atoms with Crippen LogP contribution in [0, 0.1) is 17.0 Å². The average Bonchev–Trinajstić information content (AvgIpc) is 2.41. The van der Waals surface area contributed by atoms with Crippen LogP contribution in [-0.2, 0) is 0 Å². The molecule has 3 nitrogen and oxygen atoms in total. The van der Waals surface area contributed by atoms with Crippen molar-refractivity contribution in [2.24, 2.45) is 5.41 Å². The Morgan fingerprint density at radius 3 is 2.57 bits per heavy atom. The second kappa shape index (κ2) is 7.38. The molecule has 0 radical (unpaired) electrons. The number of carbonyl (C=O) groups is 1. The molecule has 0 atom stereocenters. The van der Waals surface area contributed by atoms with Crippen molar-refractivity contribution in [3.8, 4) is 0 Å². The second-order valence-corrected chi connectivity index (χ2v) is 5.90. The Balaban J connectivity index is 0.00000220. The van der Waals surface area contributed by atoms with E-state index < -0.39 is 17.5 Å². The van der Waals surface area contributed by atoms with Gasteiger partial charge >= 0.3 is 0 Å². The molecule has 0 saturated carbocycles. The normalized spacial score (nSPS) is 17.0. The molecule has 118 valence electrons. The number of rotatable bonds is 3. The van der Waals surface area contributed by atoms with Crippen LogP contribution in [0.4, 0.5) is 8.78 Å². The molecule has 21 heavy (non-hydrogen) atoms. The van der Waals surface area contributed by atoms with Crippen molar-refractivity contribution in [1.29, 1.82) is 0 Å². The molecule has 1 aromatic carbocycles. The van der Waals surface area contributed by atoms with E-state index in [0.29, 0.717) is 6.54 Å². The zero-order valence-corrected chi connectivity index (χ0v) is 13.2. The van der Waals surface area contributed by atoms with E-state index in [1.54, 1.807) is 0 Å². The van der Waals surface area contributed by atoms with Crippen LogP contribution in [0.1, 0.15) is 30.1 Å². The van der Waals surface area contributed by atoms with Crippen molar-refractivity contribution < 1.29 is 13.6 Å². The first kappa shape index (κ1) is 18.1. The molecule has 7 heteroatoms. The van der Waals surface area contributed by atoms with E-state index in [2.05, 4.69) is 17.6 Å². The summed E-state index contributed by atoms with van der Waals surface area (Å²) in [6.45, 7) is 4.32. The van der Waals surface area contributed by atoms with Gasteiger partial charge in [0.05, 0.1) is 10.6 Å². The fourth-order valence-corrected chi connectivity index (χ4v) is 2.44. The summed E-state index contributed by atoms with van der Waals surface area (Å²) in [5, 5.41) is 5.60. The number of benzene rings is 1. The summed E-state index contributed by atoms with van der Waals surface area (Å²) in [5.41, 5.74) is -0.327. The van der Waals surface area contributed by atoms with Gasteiger partial charge < -0.3 is 10.6 Å². The molecule has 1 heterocycles. The van der Waals surface area contributed by atoms with Crippen molar-refractivity contribution in [3.63, 3.8) is 0 Å².